The summed E-state index contributed by atoms with van der Waals surface area (Å²) in [5, 5.41) is 10.7. The number of hydrogen-bond acceptors (Lipinski definition) is 6. The Labute approximate surface area is 136 Å². The summed E-state index contributed by atoms with van der Waals surface area (Å²) >= 11 is -0.172. The van der Waals surface area contributed by atoms with Crippen LogP contribution in [0.15, 0.2) is 6.20 Å². The highest BCUT2D eigenvalue weighted by molar-refractivity contribution is 7.56. The van der Waals surface area contributed by atoms with E-state index in [1.165, 1.54) is 13.8 Å². The van der Waals surface area contributed by atoms with E-state index < -0.39 is 35.7 Å². The fourth-order valence-electron chi connectivity index (χ4n) is 1.49. The van der Waals surface area contributed by atoms with Crippen molar-refractivity contribution in [3.8, 4) is 0 Å². The Morgan fingerprint density at radius 3 is 2.00 bits per heavy atom. The fraction of sp³-hybridized carbons (Fsp3) is 0.700. The molecule has 0 spiro atoms. The molecule has 0 radical (unpaired) electrons. The molecule has 24 heavy (non-hydrogen) atoms. The van der Waals surface area contributed by atoms with Gasteiger partial charge in [0.15, 0.2) is 5.13 Å². The number of aromatic nitrogens is 1. The summed E-state index contributed by atoms with van der Waals surface area (Å²) in [6, 6.07) is 0. The maximum Gasteiger partial charge on any atom is 0.434 e. The molecule has 0 aliphatic heterocycles. The van der Waals surface area contributed by atoms with E-state index in [1.807, 2.05) is 5.09 Å². The standard InChI is InChI=1S/C10H13F6N2O4PS/c1-3-21-23(20,22-4-2)18-7-17-5-6(24-7)8(19,9(11,12)13)10(14,15)16/h5,19H,3-4H2,1-2H3,(H,17,18,20). The van der Waals surface area contributed by atoms with Crippen molar-refractivity contribution < 1.29 is 45.1 Å². The third kappa shape index (κ3) is 4.20. The van der Waals surface area contributed by atoms with Gasteiger partial charge in [0.2, 0.25) is 0 Å². The fourth-order valence-corrected chi connectivity index (χ4v) is 3.98. The van der Waals surface area contributed by atoms with E-state index in [-0.39, 0.29) is 30.7 Å². The van der Waals surface area contributed by atoms with Gasteiger partial charge >= 0.3 is 20.1 Å². The third-order valence-electron chi connectivity index (χ3n) is 2.51. The summed E-state index contributed by atoms with van der Waals surface area (Å²) in [5.74, 6) is 0. The van der Waals surface area contributed by atoms with Crippen molar-refractivity contribution in [3.05, 3.63) is 11.1 Å². The maximum atomic E-state index is 12.8. The normalized spacial score (nSPS) is 14.0. The molecule has 0 aliphatic carbocycles. The molecule has 0 bridgehead atoms. The van der Waals surface area contributed by atoms with Crippen LogP contribution in [-0.2, 0) is 19.2 Å². The Balaban J connectivity index is 3.21. The summed E-state index contributed by atoms with van der Waals surface area (Å²) in [6.07, 6.45) is -11.9. The molecule has 140 valence electrons. The van der Waals surface area contributed by atoms with Gasteiger partial charge in [-0.3, -0.25) is 14.1 Å². The Bertz CT molecular complexity index is 581. The molecule has 1 aromatic rings. The third-order valence-corrected chi connectivity index (χ3v) is 5.37. The number of halogens is 6. The van der Waals surface area contributed by atoms with Crippen LogP contribution < -0.4 is 5.09 Å². The summed E-state index contributed by atoms with van der Waals surface area (Å²) < 4.78 is 98.3. The Hall–Kier alpha value is -0.880. The van der Waals surface area contributed by atoms with E-state index >= 15 is 0 Å². The summed E-state index contributed by atoms with van der Waals surface area (Å²) in [5.41, 5.74) is -5.10. The van der Waals surface area contributed by atoms with Gasteiger partial charge in [0.25, 0.3) is 5.60 Å². The Morgan fingerprint density at radius 1 is 1.17 bits per heavy atom. The van der Waals surface area contributed by atoms with E-state index in [0.717, 1.165) is 0 Å². The van der Waals surface area contributed by atoms with Crippen LogP contribution in [0.2, 0.25) is 0 Å². The van der Waals surface area contributed by atoms with E-state index in [1.54, 1.807) is 0 Å². The highest BCUT2D eigenvalue weighted by Crippen LogP contribution is 2.53. The lowest BCUT2D eigenvalue weighted by atomic mass is 10.0. The van der Waals surface area contributed by atoms with Crippen molar-refractivity contribution in [1.82, 2.24) is 4.98 Å². The number of nitrogens with zero attached hydrogens (tertiary/aromatic N) is 1. The Morgan fingerprint density at radius 2 is 1.62 bits per heavy atom. The number of rotatable bonds is 7. The number of aliphatic hydroxyl groups is 1. The zero-order valence-corrected chi connectivity index (χ0v) is 13.9. The SMILES string of the molecule is CCOP(=O)(Nc1ncc(C(O)(C(F)(F)F)C(F)(F)F)s1)OCC. The average Bonchev–Trinajstić information content (AvgIpc) is 2.83. The second kappa shape index (κ2) is 7.16. The second-order valence-corrected chi connectivity index (χ2v) is 6.95. The molecular weight excluding hydrogens is 389 g/mol. The molecule has 0 aliphatic rings. The van der Waals surface area contributed by atoms with E-state index in [4.69, 9.17) is 9.05 Å². The number of nitrogens with one attached hydrogen (secondary N) is 1. The lowest BCUT2D eigenvalue weighted by molar-refractivity contribution is -0.375. The molecule has 0 amide bonds. The summed E-state index contributed by atoms with van der Waals surface area (Å²) in [4.78, 5) is 1.74. The Kier molecular flexibility index (Phi) is 6.31. The van der Waals surface area contributed by atoms with Crippen molar-refractivity contribution >= 4 is 24.2 Å². The van der Waals surface area contributed by atoms with Crippen LogP contribution >= 0.6 is 19.1 Å². The van der Waals surface area contributed by atoms with Crippen molar-refractivity contribution in [2.75, 3.05) is 18.3 Å². The summed E-state index contributed by atoms with van der Waals surface area (Å²) in [7, 11) is -4.01. The van der Waals surface area contributed by atoms with Gasteiger partial charge in [-0.25, -0.2) is 9.55 Å². The molecule has 0 aromatic carbocycles. The highest BCUT2D eigenvalue weighted by atomic mass is 32.1. The summed E-state index contributed by atoms with van der Waals surface area (Å²) in [6.45, 7) is 2.70. The van der Waals surface area contributed by atoms with Crippen LogP contribution in [-0.4, -0.2) is 35.7 Å². The minimum Gasteiger partial charge on any atom is -0.369 e. The molecule has 0 fully saturated rings. The van der Waals surface area contributed by atoms with Gasteiger partial charge in [-0.15, -0.1) is 0 Å². The van der Waals surface area contributed by atoms with Crippen LogP contribution in [0.5, 0.6) is 0 Å². The van der Waals surface area contributed by atoms with Gasteiger partial charge in [0.1, 0.15) is 0 Å². The molecule has 0 atom stereocenters. The molecule has 0 saturated heterocycles. The van der Waals surface area contributed by atoms with Crippen LogP contribution in [0.25, 0.3) is 0 Å². The zero-order valence-electron chi connectivity index (χ0n) is 12.2. The first-order valence-electron chi connectivity index (χ1n) is 6.30. The predicted octanol–water partition coefficient (Wildman–Crippen LogP) is 4.05. The predicted molar refractivity (Wildman–Crippen MR) is 72.6 cm³/mol. The first-order chi connectivity index (χ1) is 10.8. The number of alkyl halides is 6. The number of thiazole rings is 1. The molecule has 1 heterocycles. The smallest absolute Gasteiger partial charge is 0.369 e. The minimum atomic E-state index is -6.03. The molecular formula is C10H13F6N2O4PS. The van der Waals surface area contributed by atoms with Gasteiger partial charge < -0.3 is 5.11 Å². The van der Waals surface area contributed by atoms with Crippen LogP contribution in [0.1, 0.15) is 18.7 Å². The molecule has 2 N–H and O–H groups in total. The van der Waals surface area contributed by atoms with Gasteiger partial charge in [-0.1, -0.05) is 11.3 Å². The van der Waals surface area contributed by atoms with Gasteiger partial charge in [0, 0.05) is 6.20 Å². The van der Waals surface area contributed by atoms with Crippen LogP contribution in [0, 0.1) is 0 Å². The zero-order chi connectivity index (χ0) is 18.8. The molecule has 14 heteroatoms. The number of hydrogen-bond donors (Lipinski definition) is 2. The molecule has 1 aromatic heterocycles. The number of anilines is 1. The van der Waals surface area contributed by atoms with Gasteiger partial charge in [-0.2, -0.15) is 26.3 Å². The van der Waals surface area contributed by atoms with Crippen molar-refractivity contribution in [2.24, 2.45) is 0 Å². The average molecular weight is 402 g/mol. The minimum absolute atomic E-state index is 0.0997. The van der Waals surface area contributed by atoms with E-state index in [2.05, 4.69) is 4.98 Å². The topological polar surface area (TPSA) is 80.7 Å². The van der Waals surface area contributed by atoms with Crippen LogP contribution in [0.3, 0.4) is 0 Å². The molecule has 1 rings (SSSR count). The van der Waals surface area contributed by atoms with Crippen molar-refractivity contribution in [3.63, 3.8) is 0 Å². The van der Waals surface area contributed by atoms with Gasteiger partial charge in [0.05, 0.1) is 18.1 Å². The largest absolute Gasteiger partial charge is 0.434 e. The van der Waals surface area contributed by atoms with Crippen LogP contribution in [0.4, 0.5) is 31.5 Å². The van der Waals surface area contributed by atoms with E-state index in [9.17, 15) is 36.0 Å². The lowest BCUT2D eigenvalue weighted by Gasteiger charge is -2.30. The van der Waals surface area contributed by atoms with Crippen molar-refractivity contribution in [2.45, 2.75) is 31.8 Å². The molecule has 0 unspecified atom stereocenters. The second-order valence-electron chi connectivity index (χ2n) is 4.18. The van der Waals surface area contributed by atoms with E-state index in [0.29, 0.717) is 0 Å². The lowest BCUT2D eigenvalue weighted by Crippen LogP contribution is -2.53. The monoisotopic (exact) mass is 402 g/mol. The maximum absolute atomic E-state index is 12.8. The first-order valence-corrected chi connectivity index (χ1v) is 8.66. The molecule has 0 saturated carbocycles. The highest BCUT2D eigenvalue weighted by Gasteiger charge is 2.72. The first kappa shape index (κ1) is 21.2. The van der Waals surface area contributed by atoms with Gasteiger partial charge in [-0.05, 0) is 13.8 Å². The quantitative estimate of drug-likeness (QED) is 0.529. The van der Waals surface area contributed by atoms with Crippen molar-refractivity contribution in [1.29, 1.82) is 0 Å². The molecule has 6 nitrogen and oxygen atoms in total.